The molecular formula is C16H19N3O6S. The summed E-state index contributed by atoms with van der Waals surface area (Å²) >= 11 is 0. The minimum Gasteiger partial charge on any atom is -0.495 e. The average Bonchev–Trinajstić information content (AvgIpc) is 3.14. The van der Waals surface area contributed by atoms with E-state index in [2.05, 4.69) is 4.90 Å². The van der Waals surface area contributed by atoms with Crippen LogP contribution in [0.15, 0.2) is 45.9 Å². The molecule has 1 saturated heterocycles. The molecular weight excluding hydrogens is 362 g/mol. The van der Waals surface area contributed by atoms with E-state index in [1.54, 1.807) is 6.26 Å². The summed E-state index contributed by atoms with van der Waals surface area (Å²) in [4.78, 5) is 12.3. The van der Waals surface area contributed by atoms with Crippen molar-refractivity contribution < 1.29 is 22.5 Å². The standard InChI is InChI=1S/C16H19N3O6S/c1-24-15-11-13(19(20)21)4-5-16(15)26(22,23)18-8-6-17(7-9-18)12-14-3-2-10-25-14/h2-5,10-11H,6-9,12H2,1H3. The highest BCUT2D eigenvalue weighted by molar-refractivity contribution is 7.89. The van der Waals surface area contributed by atoms with Crippen molar-refractivity contribution in [2.45, 2.75) is 11.4 Å². The Morgan fingerprint density at radius 1 is 1.23 bits per heavy atom. The SMILES string of the molecule is COc1cc([N+](=O)[O-])ccc1S(=O)(=O)N1CCN(Cc2ccco2)CC1. The summed E-state index contributed by atoms with van der Waals surface area (Å²) in [5.41, 5.74) is -0.218. The molecule has 1 aliphatic rings. The fourth-order valence-corrected chi connectivity index (χ4v) is 4.43. The Balaban J connectivity index is 1.74. The number of nitro benzene ring substituents is 1. The van der Waals surface area contributed by atoms with Crippen molar-refractivity contribution in [3.05, 3.63) is 52.5 Å². The smallest absolute Gasteiger partial charge is 0.273 e. The van der Waals surface area contributed by atoms with Crippen LogP contribution in [0, 0.1) is 10.1 Å². The zero-order valence-corrected chi connectivity index (χ0v) is 15.0. The van der Waals surface area contributed by atoms with Gasteiger partial charge in [-0.25, -0.2) is 8.42 Å². The molecule has 0 radical (unpaired) electrons. The Morgan fingerprint density at radius 3 is 2.54 bits per heavy atom. The topological polar surface area (TPSA) is 106 Å². The quantitative estimate of drug-likeness (QED) is 0.554. The molecule has 0 bridgehead atoms. The molecule has 0 aliphatic carbocycles. The number of piperazine rings is 1. The molecule has 0 atom stereocenters. The molecule has 1 aromatic heterocycles. The number of rotatable bonds is 6. The summed E-state index contributed by atoms with van der Waals surface area (Å²) in [6, 6.07) is 7.21. The van der Waals surface area contributed by atoms with Crippen molar-refractivity contribution in [3.63, 3.8) is 0 Å². The Bertz CT molecular complexity index is 873. The Morgan fingerprint density at radius 2 is 1.96 bits per heavy atom. The van der Waals surface area contributed by atoms with Crippen LogP contribution in [0.25, 0.3) is 0 Å². The maximum absolute atomic E-state index is 12.9. The Labute approximate surface area is 151 Å². The molecule has 1 aliphatic heterocycles. The van der Waals surface area contributed by atoms with Crippen molar-refractivity contribution in [2.75, 3.05) is 33.3 Å². The van der Waals surface area contributed by atoms with Crippen molar-refractivity contribution in [2.24, 2.45) is 0 Å². The lowest BCUT2D eigenvalue weighted by Crippen LogP contribution is -2.48. The highest BCUT2D eigenvalue weighted by atomic mass is 32.2. The third-order valence-corrected chi connectivity index (χ3v) is 6.20. The fourth-order valence-electron chi connectivity index (χ4n) is 2.87. The van der Waals surface area contributed by atoms with Gasteiger partial charge >= 0.3 is 0 Å². The number of benzene rings is 1. The van der Waals surface area contributed by atoms with E-state index < -0.39 is 14.9 Å². The lowest BCUT2D eigenvalue weighted by atomic mass is 10.3. The third-order valence-electron chi connectivity index (χ3n) is 4.27. The van der Waals surface area contributed by atoms with E-state index in [-0.39, 0.29) is 16.3 Å². The van der Waals surface area contributed by atoms with Crippen LogP contribution in [-0.2, 0) is 16.6 Å². The van der Waals surface area contributed by atoms with Crippen molar-refractivity contribution in [1.82, 2.24) is 9.21 Å². The van der Waals surface area contributed by atoms with Gasteiger partial charge in [-0.3, -0.25) is 15.0 Å². The second-order valence-corrected chi connectivity index (χ2v) is 7.76. The van der Waals surface area contributed by atoms with Crippen LogP contribution in [0.1, 0.15) is 5.76 Å². The van der Waals surface area contributed by atoms with Crippen LogP contribution >= 0.6 is 0 Å². The normalized spacial score (nSPS) is 16.5. The first-order valence-corrected chi connectivity index (χ1v) is 9.43. The van der Waals surface area contributed by atoms with Crippen molar-refractivity contribution >= 4 is 15.7 Å². The molecule has 1 fully saturated rings. The summed E-state index contributed by atoms with van der Waals surface area (Å²) in [7, 11) is -2.51. The molecule has 2 heterocycles. The average molecular weight is 381 g/mol. The monoisotopic (exact) mass is 381 g/mol. The number of methoxy groups -OCH3 is 1. The number of ether oxygens (including phenoxy) is 1. The van der Waals surface area contributed by atoms with Crippen molar-refractivity contribution in [1.29, 1.82) is 0 Å². The zero-order chi connectivity index (χ0) is 18.7. The molecule has 3 rings (SSSR count). The second kappa shape index (κ2) is 7.44. The van der Waals surface area contributed by atoms with E-state index in [1.165, 1.54) is 23.5 Å². The Hall–Kier alpha value is -2.43. The molecule has 26 heavy (non-hydrogen) atoms. The number of furan rings is 1. The summed E-state index contributed by atoms with van der Waals surface area (Å²) in [6.45, 7) is 2.40. The molecule has 10 heteroatoms. The molecule has 2 aromatic rings. The summed E-state index contributed by atoms with van der Waals surface area (Å²) < 4.78 is 37.6. The van der Waals surface area contributed by atoms with E-state index in [9.17, 15) is 18.5 Å². The molecule has 0 saturated carbocycles. The van der Waals surface area contributed by atoms with Crippen LogP contribution in [0.5, 0.6) is 5.75 Å². The minimum absolute atomic E-state index is 0.0304. The lowest BCUT2D eigenvalue weighted by Gasteiger charge is -2.33. The van der Waals surface area contributed by atoms with E-state index in [1.807, 2.05) is 12.1 Å². The fraction of sp³-hybridized carbons (Fsp3) is 0.375. The molecule has 140 valence electrons. The third kappa shape index (κ3) is 3.71. The highest BCUT2D eigenvalue weighted by Gasteiger charge is 2.31. The van der Waals surface area contributed by atoms with Crippen LogP contribution in [0.2, 0.25) is 0 Å². The van der Waals surface area contributed by atoms with Gasteiger partial charge in [0, 0.05) is 32.2 Å². The maximum atomic E-state index is 12.9. The molecule has 0 spiro atoms. The van der Waals surface area contributed by atoms with Gasteiger partial charge in [-0.05, 0) is 18.2 Å². The summed E-state index contributed by atoms with van der Waals surface area (Å²) in [5.74, 6) is 0.801. The van der Waals surface area contributed by atoms with E-state index in [0.29, 0.717) is 32.7 Å². The molecule has 0 N–H and O–H groups in total. The van der Waals surface area contributed by atoms with Gasteiger partial charge in [0.05, 0.1) is 30.9 Å². The number of sulfonamides is 1. The van der Waals surface area contributed by atoms with Gasteiger partial charge < -0.3 is 9.15 Å². The predicted molar refractivity (Wildman–Crippen MR) is 92.4 cm³/mol. The first-order valence-electron chi connectivity index (χ1n) is 7.99. The van der Waals surface area contributed by atoms with Crippen LogP contribution in [0.4, 0.5) is 5.69 Å². The van der Waals surface area contributed by atoms with Crippen LogP contribution < -0.4 is 4.74 Å². The van der Waals surface area contributed by atoms with Gasteiger partial charge in [-0.2, -0.15) is 4.31 Å². The largest absolute Gasteiger partial charge is 0.495 e. The summed E-state index contributed by atoms with van der Waals surface area (Å²) in [6.07, 6.45) is 1.61. The highest BCUT2D eigenvalue weighted by Crippen LogP contribution is 2.31. The zero-order valence-electron chi connectivity index (χ0n) is 14.2. The van der Waals surface area contributed by atoms with Gasteiger partial charge in [0.1, 0.15) is 16.4 Å². The minimum atomic E-state index is -3.80. The number of nitrogens with zero attached hydrogens (tertiary/aromatic N) is 3. The second-order valence-electron chi connectivity index (χ2n) is 5.85. The summed E-state index contributed by atoms with van der Waals surface area (Å²) in [5, 5.41) is 10.9. The number of hydrogen-bond donors (Lipinski definition) is 0. The number of hydrogen-bond acceptors (Lipinski definition) is 7. The molecule has 1 aromatic carbocycles. The first-order chi connectivity index (χ1) is 12.4. The van der Waals surface area contributed by atoms with E-state index in [0.717, 1.165) is 11.8 Å². The van der Waals surface area contributed by atoms with Gasteiger partial charge in [0.2, 0.25) is 10.0 Å². The Kier molecular flexibility index (Phi) is 5.25. The van der Waals surface area contributed by atoms with Gasteiger partial charge in [0.15, 0.2) is 0 Å². The molecule has 9 nitrogen and oxygen atoms in total. The van der Waals surface area contributed by atoms with Gasteiger partial charge in [-0.1, -0.05) is 0 Å². The maximum Gasteiger partial charge on any atom is 0.273 e. The van der Waals surface area contributed by atoms with Gasteiger partial charge in [-0.15, -0.1) is 0 Å². The molecule has 0 amide bonds. The van der Waals surface area contributed by atoms with Crippen molar-refractivity contribution in [3.8, 4) is 5.75 Å². The number of nitro groups is 1. The first kappa shape index (κ1) is 18.4. The van der Waals surface area contributed by atoms with E-state index in [4.69, 9.17) is 9.15 Å². The van der Waals surface area contributed by atoms with Crippen LogP contribution in [0.3, 0.4) is 0 Å². The number of non-ortho nitro benzene ring substituents is 1. The van der Waals surface area contributed by atoms with Gasteiger partial charge in [0.25, 0.3) is 5.69 Å². The lowest BCUT2D eigenvalue weighted by molar-refractivity contribution is -0.385. The van der Waals surface area contributed by atoms with Crippen LogP contribution in [-0.4, -0.2) is 55.8 Å². The van der Waals surface area contributed by atoms with E-state index >= 15 is 0 Å². The predicted octanol–water partition coefficient (Wildman–Crippen LogP) is 1.70. The molecule has 0 unspecified atom stereocenters.